The summed E-state index contributed by atoms with van der Waals surface area (Å²) < 4.78 is 6.47. The zero-order valence-corrected chi connectivity index (χ0v) is 13.5. The molecular formula is C17H20N2OS. The van der Waals surface area contributed by atoms with E-state index in [9.17, 15) is 0 Å². The minimum absolute atomic E-state index is 0.0638. The Morgan fingerprint density at radius 2 is 2.00 bits per heavy atom. The van der Waals surface area contributed by atoms with Crippen LogP contribution in [-0.4, -0.2) is 16.1 Å². The quantitative estimate of drug-likeness (QED) is 0.839. The van der Waals surface area contributed by atoms with Crippen LogP contribution in [0.1, 0.15) is 39.4 Å². The Labute approximate surface area is 130 Å². The summed E-state index contributed by atoms with van der Waals surface area (Å²) in [5, 5.41) is 0. The largest absolute Gasteiger partial charge is 0.490 e. The van der Waals surface area contributed by atoms with Crippen LogP contribution in [0.25, 0.3) is 11.3 Å². The van der Waals surface area contributed by atoms with E-state index in [2.05, 4.69) is 42.9 Å². The Balaban J connectivity index is 1.99. The topological polar surface area (TPSA) is 37.9 Å². The number of ether oxygens (including phenoxy) is 1. The Kier molecular flexibility index (Phi) is 3.57. The van der Waals surface area contributed by atoms with Gasteiger partial charge in [0.05, 0.1) is 6.10 Å². The van der Waals surface area contributed by atoms with Gasteiger partial charge in [-0.15, -0.1) is 0 Å². The fourth-order valence-electron chi connectivity index (χ4n) is 2.08. The molecular weight excluding hydrogens is 280 g/mol. The highest BCUT2D eigenvalue weighted by Crippen LogP contribution is 2.30. The maximum absolute atomic E-state index is 5.86. The van der Waals surface area contributed by atoms with E-state index in [1.54, 1.807) is 0 Å². The molecule has 0 unspecified atom stereocenters. The first kappa shape index (κ1) is 14.3. The molecule has 1 N–H and O–H groups in total. The molecule has 0 saturated heterocycles. The minimum Gasteiger partial charge on any atom is -0.490 e. The van der Waals surface area contributed by atoms with Gasteiger partial charge in [-0.25, -0.2) is 4.98 Å². The SMILES string of the molecule is CC(C)(C)c1nc(=S)cc(-c2cccc(OC3CC3)c2)[nH]1. The van der Waals surface area contributed by atoms with E-state index in [-0.39, 0.29) is 5.41 Å². The van der Waals surface area contributed by atoms with Gasteiger partial charge in [0.1, 0.15) is 16.2 Å². The van der Waals surface area contributed by atoms with Crippen LogP contribution >= 0.6 is 12.2 Å². The normalized spacial score (nSPS) is 15.0. The van der Waals surface area contributed by atoms with Crippen LogP contribution in [0.4, 0.5) is 0 Å². The molecule has 0 bridgehead atoms. The molecule has 1 aliphatic rings. The highest BCUT2D eigenvalue weighted by atomic mass is 32.1. The summed E-state index contributed by atoms with van der Waals surface area (Å²) in [5.41, 5.74) is 2.00. The number of aromatic nitrogens is 2. The van der Waals surface area contributed by atoms with Crippen LogP contribution in [0.15, 0.2) is 30.3 Å². The second-order valence-electron chi connectivity index (χ2n) is 6.58. The van der Waals surface area contributed by atoms with Gasteiger partial charge in [-0.3, -0.25) is 0 Å². The first-order valence-corrected chi connectivity index (χ1v) is 7.71. The second-order valence-corrected chi connectivity index (χ2v) is 6.99. The molecule has 4 heteroatoms. The Morgan fingerprint density at radius 3 is 2.67 bits per heavy atom. The standard InChI is InChI=1S/C17H20N2OS/c1-17(2,3)16-18-14(10-15(21)19-16)11-5-4-6-13(9-11)20-12-7-8-12/h4-6,9-10,12H,7-8H2,1-3H3,(H,18,19,21). The third-order valence-electron chi connectivity index (χ3n) is 3.43. The van der Waals surface area contributed by atoms with Crippen molar-refractivity contribution in [2.24, 2.45) is 0 Å². The smallest absolute Gasteiger partial charge is 0.130 e. The average Bonchev–Trinajstić information content (AvgIpc) is 3.21. The minimum atomic E-state index is -0.0638. The van der Waals surface area contributed by atoms with Gasteiger partial charge in [0.25, 0.3) is 0 Å². The van der Waals surface area contributed by atoms with Gasteiger partial charge in [0.2, 0.25) is 0 Å². The third kappa shape index (κ3) is 3.50. The maximum atomic E-state index is 5.86. The molecule has 1 aromatic heterocycles. The molecule has 0 aliphatic heterocycles. The number of rotatable bonds is 3. The van der Waals surface area contributed by atoms with Gasteiger partial charge in [-0.05, 0) is 31.0 Å². The second kappa shape index (κ2) is 5.26. The van der Waals surface area contributed by atoms with Gasteiger partial charge in [-0.2, -0.15) is 0 Å². The van der Waals surface area contributed by atoms with Crippen LogP contribution in [0, 0.1) is 4.64 Å². The number of benzene rings is 1. The van der Waals surface area contributed by atoms with Crippen LogP contribution in [-0.2, 0) is 5.41 Å². The molecule has 21 heavy (non-hydrogen) atoms. The van der Waals surface area contributed by atoms with Crippen molar-refractivity contribution in [3.8, 4) is 17.0 Å². The van der Waals surface area contributed by atoms with E-state index in [0.717, 1.165) is 35.7 Å². The van der Waals surface area contributed by atoms with E-state index in [1.165, 1.54) is 0 Å². The van der Waals surface area contributed by atoms with Gasteiger partial charge in [0, 0.05) is 16.7 Å². The van der Waals surface area contributed by atoms with E-state index in [0.29, 0.717) is 10.7 Å². The molecule has 0 amide bonds. The number of hydrogen-bond acceptors (Lipinski definition) is 3. The fourth-order valence-corrected chi connectivity index (χ4v) is 2.29. The lowest BCUT2D eigenvalue weighted by Gasteiger charge is -2.18. The van der Waals surface area contributed by atoms with Crippen LogP contribution in [0.3, 0.4) is 0 Å². The van der Waals surface area contributed by atoms with Crippen molar-refractivity contribution in [2.45, 2.75) is 45.1 Å². The van der Waals surface area contributed by atoms with Gasteiger partial charge < -0.3 is 9.72 Å². The molecule has 1 saturated carbocycles. The number of hydrogen-bond donors (Lipinski definition) is 1. The third-order valence-corrected chi connectivity index (χ3v) is 3.63. The zero-order valence-electron chi connectivity index (χ0n) is 12.6. The summed E-state index contributed by atoms with van der Waals surface area (Å²) in [6, 6.07) is 10.0. The predicted molar refractivity (Wildman–Crippen MR) is 87.2 cm³/mol. The Morgan fingerprint density at radius 1 is 1.24 bits per heavy atom. The molecule has 1 aliphatic carbocycles. The van der Waals surface area contributed by atoms with E-state index < -0.39 is 0 Å². The van der Waals surface area contributed by atoms with E-state index >= 15 is 0 Å². The fraction of sp³-hybridized carbons (Fsp3) is 0.412. The van der Waals surface area contributed by atoms with Crippen molar-refractivity contribution in [1.82, 2.24) is 9.97 Å². The van der Waals surface area contributed by atoms with Crippen molar-refractivity contribution in [3.05, 3.63) is 40.8 Å². The molecule has 110 valence electrons. The number of aromatic amines is 1. The summed E-state index contributed by atoms with van der Waals surface area (Å²) in [4.78, 5) is 7.84. The summed E-state index contributed by atoms with van der Waals surface area (Å²) >= 11 is 5.31. The van der Waals surface area contributed by atoms with Crippen LogP contribution in [0.5, 0.6) is 5.75 Å². The first-order valence-electron chi connectivity index (χ1n) is 7.31. The van der Waals surface area contributed by atoms with Crippen LogP contribution in [0.2, 0.25) is 0 Å². The molecule has 0 radical (unpaired) electrons. The van der Waals surface area contributed by atoms with Crippen molar-refractivity contribution in [1.29, 1.82) is 0 Å². The summed E-state index contributed by atoms with van der Waals surface area (Å²) in [6.07, 6.45) is 2.73. The van der Waals surface area contributed by atoms with Crippen molar-refractivity contribution in [3.63, 3.8) is 0 Å². The molecule has 1 heterocycles. The van der Waals surface area contributed by atoms with Gasteiger partial charge >= 0.3 is 0 Å². The maximum Gasteiger partial charge on any atom is 0.130 e. The lowest BCUT2D eigenvalue weighted by atomic mass is 9.95. The first-order chi connectivity index (χ1) is 9.91. The van der Waals surface area contributed by atoms with Crippen LogP contribution < -0.4 is 4.74 Å². The molecule has 2 aromatic rings. The molecule has 0 spiro atoms. The lowest BCUT2D eigenvalue weighted by molar-refractivity contribution is 0.303. The van der Waals surface area contributed by atoms with Gasteiger partial charge in [0.15, 0.2) is 0 Å². The monoisotopic (exact) mass is 300 g/mol. The van der Waals surface area contributed by atoms with E-state index in [4.69, 9.17) is 17.0 Å². The summed E-state index contributed by atoms with van der Waals surface area (Å²) in [5.74, 6) is 1.82. The molecule has 1 aromatic carbocycles. The Hall–Kier alpha value is -1.68. The molecule has 1 fully saturated rings. The van der Waals surface area contributed by atoms with Crippen molar-refractivity contribution in [2.75, 3.05) is 0 Å². The molecule has 0 atom stereocenters. The highest BCUT2D eigenvalue weighted by Gasteiger charge is 2.23. The van der Waals surface area contributed by atoms with Gasteiger partial charge in [-0.1, -0.05) is 45.1 Å². The number of nitrogens with zero attached hydrogens (tertiary/aromatic N) is 1. The van der Waals surface area contributed by atoms with Crippen molar-refractivity contribution < 1.29 is 4.74 Å². The molecule has 3 nitrogen and oxygen atoms in total. The number of nitrogens with one attached hydrogen (secondary N) is 1. The molecule has 3 rings (SSSR count). The zero-order chi connectivity index (χ0) is 15.0. The predicted octanol–water partition coefficient (Wildman–Crippen LogP) is 4.64. The average molecular weight is 300 g/mol. The summed E-state index contributed by atoms with van der Waals surface area (Å²) in [6.45, 7) is 6.37. The lowest BCUT2D eigenvalue weighted by Crippen LogP contribution is -2.16. The highest BCUT2D eigenvalue weighted by molar-refractivity contribution is 7.71. The summed E-state index contributed by atoms with van der Waals surface area (Å²) in [7, 11) is 0. The van der Waals surface area contributed by atoms with E-state index in [1.807, 2.05) is 18.2 Å². The number of H-pyrrole nitrogens is 1. The Bertz CT molecular complexity index is 711. The van der Waals surface area contributed by atoms with Crippen molar-refractivity contribution >= 4 is 12.2 Å².